The molecule has 2 N–H and O–H groups in total. The van der Waals surface area contributed by atoms with E-state index in [1.165, 1.54) is 5.56 Å². The number of amides is 3. The lowest BCUT2D eigenvalue weighted by atomic mass is 10.1. The summed E-state index contributed by atoms with van der Waals surface area (Å²) in [5.74, 6) is 0.260. The van der Waals surface area contributed by atoms with Crippen LogP contribution in [0.15, 0.2) is 41.8 Å². The molecule has 1 atom stereocenters. The minimum atomic E-state index is -0.190. The van der Waals surface area contributed by atoms with Crippen molar-refractivity contribution in [3.05, 3.63) is 52.2 Å². The molecule has 1 aromatic heterocycles. The molecular weight excluding hydrogens is 322 g/mol. The predicted molar refractivity (Wildman–Crippen MR) is 96.2 cm³/mol. The van der Waals surface area contributed by atoms with Crippen molar-refractivity contribution in [1.29, 1.82) is 0 Å². The Kier molecular flexibility index (Phi) is 5.15. The number of carbonyl (C=O) groups excluding carboxylic acids is 2. The van der Waals surface area contributed by atoms with Crippen LogP contribution in [0, 0.1) is 12.8 Å². The lowest BCUT2D eigenvalue weighted by Gasteiger charge is -2.17. The van der Waals surface area contributed by atoms with Gasteiger partial charge in [-0.05, 0) is 30.5 Å². The quantitative estimate of drug-likeness (QED) is 0.877. The van der Waals surface area contributed by atoms with Crippen LogP contribution in [0.25, 0.3) is 0 Å². The number of hydrogen-bond donors (Lipinski definition) is 2. The largest absolute Gasteiger partial charge is 0.338 e. The number of carbonyl (C=O) groups is 2. The van der Waals surface area contributed by atoms with E-state index in [0.717, 1.165) is 10.6 Å². The zero-order valence-electron chi connectivity index (χ0n) is 13.6. The molecule has 0 spiro atoms. The van der Waals surface area contributed by atoms with E-state index in [0.29, 0.717) is 26.1 Å². The van der Waals surface area contributed by atoms with Gasteiger partial charge in [0.25, 0.3) is 0 Å². The highest BCUT2D eigenvalue weighted by molar-refractivity contribution is 7.09. The molecule has 1 aliphatic rings. The van der Waals surface area contributed by atoms with Gasteiger partial charge in [-0.15, -0.1) is 11.3 Å². The van der Waals surface area contributed by atoms with Gasteiger partial charge < -0.3 is 15.5 Å². The summed E-state index contributed by atoms with van der Waals surface area (Å²) in [6.07, 6.45) is 0.471. The van der Waals surface area contributed by atoms with Crippen molar-refractivity contribution in [3.8, 4) is 0 Å². The summed E-state index contributed by atoms with van der Waals surface area (Å²) in [6.45, 7) is 3.71. The van der Waals surface area contributed by atoms with E-state index >= 15 is 0 Å². The van der Waals surface area contributed by atoms with Crippen molar-refractivity contribution in [2.75, 3.05) is 18.0 Å². The Morgan fingerprint density at radius 2 is 2.04 bits per heavy atom. The summed E-state index contributed by atoms with van der Waals surface area (Å²) in [6, 6.07) is 11.7. The molecule has 2 heterocycles. The highest BCUT2D eigenvalue weighted by Gasteiger charge is 2.30. The number of hydrogen-bond acceptors (Lipinski definition) is 3. The molecule has 0 aliphatic carbocycles. The van der Waals surface area contributed by atoms with Gasteiger partial charge in [0.05, 0.1) is 6.54 Å². The zero-order valence-corrected chi connectivity index (χ0v) is 14.4. The molecule has 24 heavy (non-hydrogen) atoms. The van der Waals surface area contributed by atoms with Crippen molar-refractivity contribution < 1.29 is 9.59 Å². The third kappa shape index (κ3) is 4.14. The molecule has 1 saturated heterocycles. The van der Waals surface area contributed by atoms with Crippen LogP contribution in [-0.2, 0) is 11.3 Å². The number of aryl methyl sites for hydroxylation is 1. The molecule has 0 radical (unpaired) electrons. The van der Waals surface area contributed by atoms with Gasteiger partial charge in [0.1, 0.15) is 0 Å². The Morgan fingerprint density at radius 1 is 1.25 bits per heavy atom. The first kappa shape index (κ1) is 16.5. The summed E-state index contributed by atoms with van der Waals surface area (Å²) in [4.78, 5) is 27.0. The van der Waals surface area contributed by atoms with E-state index in [9.17, 15) is 9.59 Å². The van der Waals surface area contributed by atoms with Crippen molar-refractivity contribution in [3.63, 3.8) is 0 Å². The molecule has 6 heteroatoms. The third-order valence-electron chi connectivity index (χ3n) is 4.11. The van der Waals surface area contributed by atoms with Gasteiger partial charge in [-0.25, -0.2) is 4.79 Å². The molecule has 126 valence electrons. The van der Waals surface area contributed by atoms with Crippen molar-refractivity contribution in [1.82, 2.24) is 10.6 Å². The minimum absolute atomic E-state index is 0.115. The topological polar surface area (TPSA) is 61.4 Å². The molecule has 1 aromatic carbocycles. The maximum atomic E-state index is 12.2. The van der Waals surface area contributed by atoms with Crippen molar-refractivity contribution >= 4 is 29.0 Å². The fourth-order valence-corrected chi connectivity index (χ4v) is 3.42. The normalized spacial score (nSPS) is 17.1. The number of nitrogens with zero attached hydrogens (tertiary/aromatic N) is 1. The number of thiophene rings is 1. The monoisotopic (exact) mass is 343 g/mol. The van der Waals surface area contributed by atoms with E-state index in [1.54, 1.807) is 16.2 Å². The Bertz CT molecular complexity index is 698. The van der Waals surface area contributed by atoms with Crippen LogP contribution >= 0.6 is 11.3 Å². The first-order valence-electron chi connectivity index (χ1n) is 8.03. The third-order valence-corrected chi connectivity index (χ3v) is 4.98. The Labute approximate surface area is 145 Å². The first-order chi connectivity index (χ1) is 11.6. The van der Waals surface area contributed by atoms with Crippen LogP contribution in [0.4, 0.5) is 10.5 Å². The van der Waals surface area contributed by atoms with E-state index in [2.05, 4.69) is 10.6 Å². The molecular formula is C18H21N3O2S. The molecule has 0 saturated carbocycles. The second-order valence-electron chi connectivity index (χ2n) is 6.05. The molecule has 1 fully saturated rings. The zero-order chi connectivity index (χ0) is 16.9. The maximum absolute atomic E-state index is 12.2. The maximum Gasteiger partial charge on any atom is 0.315 e. The summed E-state index contributed by atoms with van der Waals surface area (Å²) < 4.78 is 0. The molecule has 0 bridgehead atoms. The summed E-state index contributed by atoms with van der Waals surface area (Å²) in [7, 11) is 0. The van der Waals surface area contributed by atoms with Crippen LogP contribution in [0.3, 0.4) is 0 Å². The minimum Gasteiger partial charge on any atom is -0.338 e. The summed E-state index contributed by atoms with van der Waals surface area (Å²) in [5.41, 5.74) is 2.10. The van der Waals surface area contributed by atoms with Crippen LogP contribution < -0.4 is 15.5 Å². The van der Waals surface area contributed by atoms with E-state index in [-0.39, 0.29) is 17.9 Å². The Morgan fingerprint density at radius 3 is 2.75 bits per heavy atom. The number of benzene rings is 1. The Hall–Kier alpha value is -2.34. The Balaban J connectivity index is 1.45. The van der Waals surface area contributed by atoms with Crippen LogP contribution in [0.2, 0.25) is 0 Å². The van der Waals surface area contributed by atoms with Gasteiger partial charge in [-0.3, -0.25) is 4.79 Å². The fraction of sp³-hybridized carbons (Fsp3) is 0.333. The number of anilines is 1. The average Bonchev–Trinajstić information content (AvgIpc) is 3.21. The summed E-state index contributed by atoms with van der Waals surface area (Å²) in [5, 5.41) is 7.68. The van der Waals surface area contributed by atoms with Crippen LogP contribution in [0.1, 0.15) is 16.9 Å². The highest BCUT2D eigenvalue weighted by Crippen LogP contribution is 2.24. The van der Waals surface area contributed by atoms with Crippen LogP contribution in [0.5, 0.6) is 0 Å². The molecule has 3 amide bonds. The number of nitrogens with one attached hydrogen (secondary N) is 2. The average molecular weight is 343 g/mol. The van der Waals surface area contributed by atoms with Gasteiger partial charge in [-0.2, -0.15) is 0 Å². The van der Waals surface area contributed by atoms with E-state index in [1.807, 2.05) is 48.7 Å². The first-order valence-corrected chi connectivity index (χ1v) is 8.91. The standard InChI is InChI=1S/C18H21N3O2S/c1-13-4-6-15(7-5-13)21-12-14(9-17(21)22)10-19-18(23)20-11-16-3-2-8-24-16/h2-8,14H,9-12H2,1H3,(H2,19,20,23). The van der Waals surface area contributed by atoms with E-state index in [4.69, 9.17) is 0 Å². The molecule has 1 aliphatic heterocycles. The smallest absolute Gasteiger partial charge is 0.315 e. The van der Waals surface area contributed by atoms with Gasteiger partial charge in [-0.1, -0.05) is 23.8 Å². The molecule has 5 nitrogen and oxygen atoms in total. The second-order valence-corrected chi connectivity index (χ2v) is 7.09. The number of rotatable bonds is 5. The number of urea groups is 1. The highest BCUT2D eigenvalue weighted by atomic mass is 32.1. The molecule has 2 aromatic rings. The van der Waals surface area contributed by atoms with Crippen molar-refractivity contribution in [2.45, 2.75) is 19.9 Å². The molecule has 3 rings (SSSR count). The fourth-order valence-electron chi connectivity index (χ4n) is 2.77. The lowest BCUT2D eigenvalue weighted by Crippen LogP contribution is -2.38. The molecule has 1 unspecified atom stereocenters. The van der Waals surface area contributed by atoms with Gasteiger partial charge in [0.2, 0.25) is 5.91 Å². The second kappa shape index (κ2) is 7.49. The van der Waals surface area contributed by atoms with Crippen molar-refractivity contribution in [2.24, 2.45) is 5.92 Å². The van der Waals surface area contributed by atoms with E-state index < -0.39 is 0 Å². The van der Waals surface area contributed by atoms with Crippen LogP contribution in [-0.4, -0.2) is 25.0 Å². The lowest BCUT2D eigenvalue weighted by molar-refractivity contribution is -0.117. The van der Waals surface area contributed by atoms with Gasteiger partial charge in [0, 0.05) is 36.0 Å². The predicted octanol–water partition coefficient (Wildman–Crippen LogP) is 2.91. The van der Waals surface area contributed by atoms with Gasteiger partial charge in [0.15, 0.2) is 0 Å². The SMILES string of the molecule is Cc1ccc(N2CC(CNC(=O)NCc3cccs3)CC2=O)cc1. The summed E-state index contributed by atoms with van der Waals surface area (Å²) >= 11 is 1.61. The van der Waals surface area contributed by atoms with Gasteiger partial charge >= 0.3 is 6.03 Å².